The minimum Gasteiger partial charge on any atom is -0.356 e. The second kappa shape index (κ2) is 11.4. The van der Waals surface area contributed by atoms with Gasteiger partial charge in [0, 0.05) is 13.5 Å². The van der Waals surface area contributed by atoms with E-state index < -0.39 is 0 Å². The van der Waals surface area contributed by atoms with Gasteiger partial charge in [0.15, 0.2) is 0 Å². The first kappa shape index (κ1) is 18.5. The smallest absolute Gasteiger partial charge is 0.216 e. The summed E-state index contributed by atoms with van der Waals surface area (Å²) in [5, 5.41) is 3.00. The molecule has 0 atom stereocenters. The molecule has 0 aliphatic rings. The Hall–Kier alpha value is 0.520. The van der Waals surface area contributed by atoms with Crippen molar-refractivity contribution in [3.05, 3.63) is 0 Å². The Morgan fingerprint density at radius 1 is 0.944 bits per heavy atom. The third kappa shape index (κ3) is 8.59. The van der Waals surface area contributed by atoms with E-state index in [1.807, 2.05) is 0 Å². The van der Waals surface area contributed by atoms with Crippen molar-refractivity contribution in [1.29, 1.82) is 0 Å². The quantitative estimate of drug-likeness (QED) is 0.434. The van der Waals surface area contributed by atoms with Crippen molar-refractivity contribution in [1.82, 2.24) is 5.32 Å². The Morgan fingerprint density at radius 2 is 1.33 bits per heavy atom. The predicted octanol–water partition coefficient (Wildman–Crippen LogP) is 3.24. The van der Waals surface area contributed by atoms with Gasteiger partial charge in [-0.15, -0.1) is 0 Å². The van der Waals surface area contributed by atoms with Gasteiger partial charge in [-0.3, -0.25) is 4.79 Å². The molecule has 0 bridgehead atoms. The first-order chi connectivity index (χ1) is 8.60. The monoisotopic (exact) mass is 309 g/mol. The number of rotatable bonds is 11. The summed E-state index contributed by atoms with van der Waals surface area (Å²) in [6.45, 7) is 2.36. The van der Waals surface area contributed by atoms with Crippen LogP contribution in [-0.4, -0.2) is 29.7 Å². The van der Waals surface area contributed by atoms with Gasteiger partial charge in [-0.1, -0.05) is 0 Å². The number of thiol groups is 3. The first-order valence-corrected chi connectivity index (χ1v) is 8.57. The van der Waals surface area contributed by atoms with Gasteiger partial charge in [-0.2, -0.15) is 37.9 Å². The molecule has 0 saturated carbocycles. The Balaban J connectivity index is 4.55. The minimum absolute atomic E-state index is 0.0574. The zero-order chi connectivity index (χ0) is 13.9. The SMILES string of the molecule is CC(=O)NCC(CCCS)(CCCS)CCCS. The second-order valence-electron chi connectivity index (χ2n) is 4.89. The van der Waals surface area contributed by atoms with E-state index in [-0.39, 0.29) is 11.3 Å². The maximum absolute atomic E-state index is 11.2. The topological polar surface area (TPSA) is 29.1 Å². The fourth-order valence-electron chi connectivity index (χ4n) is 2.31. The molecule has 0 fully saturated rings. The van der Waals surface area contributed by atoms with E-state index >= 15 is 0 Å². The Kier molecular flexibility index (Phi) is 11.7. The second-order valence-corrected chi connectivity index (χ2v) is 6.23. The molecule has 108 valence electrons. The minimum atomic E-state index is 0.0574. The third-order valence-corrected chi connectivity index (χ3v) is 4.26. The lowest BCUT2D eigenvalue weighted by Gasteiger charge is -2.34. The average Bonchev–Trinajstić information content (AvgIpc) is 2.37. The van der Waals surface area contributed by atoms with Crippen molar-refractivity contribution in [2.24, 2.45) is 5.41 Å². The van der Waals surface area contributed by atoms with Gasteiger partial charge in [0.1, 0.15) is 0 Å². The van der Waals surface area contributed by atoms with E-state index in [4.69, 9.17) is 0 Å². The van der Waals surface area contributed by atoms with Gasteiger partial charge < -0.3 is 5.32 Å². The van der Waals surface area contributed by atoms with Gasteiger partial charge in [0.05, 0.1) is 0 Å². The Bertz CT molecular complexity index is 203. The van der Waals surface area contributed by atoms with Crippen LogP contribution in [0, 0.1) is 5.41 Å². The highest BCUT2D eigenvalue weighted by Crippen LogP contribution is 2.35. The number of hydrogen-bond donors (Lipinski definition) is 4. The molecule has 2 nitrogen and oxygen atoms in total. The molecule has 0 spiro atoms. The van der Waals surface area contributed by atoms with Crippen molar-refractivity contribution in [2.45, 2.75) is 45.4 Å². The summed E-state index contributed by atoms with van der Waals surface area (Å²) in [5.41, 5.74) is 0.208. The van der Waals surface area contributed by atoms with Gasteiger partial charge in [-0.05, 0) is 61.2 Å². The number of hydrogen-bond acceptors (Lipinski definition) is 4. The molecule has 0 radical (unpaired) electrons. The summed E-state index contributed by atoms with van der Waals surface area (Å²) in [7, 11) is 0. The highest BCUT2D eigenvalue weighted by molar-refractivity contribution is 7.80. The maximum atomic E-state index is 11.2. The highest BCUT2D eigenvalue weighted by Gasteiger charge is 2.28. The number of carbonyl (C=O) groups excluding carboxylic acids is 1. The summed E-state index contributed by atoms with van der Waals surface area (Å²) >= 11 is 12.9. The van der Waals surface area contributed by atoms with Crippen LogP contribution in [0.2, 0.25) is 0 Å². The lowest BCUT2D eigenvalue weighted by atomic mass is 9.75. The van der Waals surface area contributed by atoms with Crippen LogP contribution >= 0.6 is 37.9 Å². The highest BCUT2D eigenvalue weighted by atomic mass is 32.1. The molecule has 1 N–H and O–H groups in total. The van der Waals surface area contributed by atoms with Crippen LogP contribution in [0.1, 0.15) is 45.4 Å². The van der Waals surface area contributed by atoms with E-state index in [0.29, 0.717) is 0 Å². The van der Waals surface area contributed by atoms with Crippen molar-refractivity contribution in [2.75, 3.05) is 23.8 Å². The van der Waals surface area contributed by atoms with Crippen molar-refractivity contribution < 1.29 is 4.79 Å². The van der Waals surface area contributed by atoms with E-state index in [1.165, 1.54) is 0 Å². The van der Waals surface area contributed by atoms with Gasteiger partial charge in [0.25, 0.3) is 0 Å². The molecular weight excluding hydrogens is 282 g/mol. The molecule has 1 amide bonds. The fourth-order valence-corrected chi connectivity index (χ4v) is 2.79. The molecule has 0 aromatic rings. The molecule has 0 unspecified atom stereocenters. The Morgan fingerprint density at radius 3 is 1.61 bits per heavy atom. The fraction of sp³-hybridized carbons (Fsp3) is 0.923. The van der Waals surface area contributed by atoms with Crippen LogP contribution in [0.15, 0.2) is 0 Å². The molecule has 0 saturated heterocycles. The maximum Gasteiger partial charge on any atom is 0.216 e. The molecule has 0 aliphatic heterocycles. The van der Waals surface area contributed by atoms with Crippen molar-refractivity contribution in [3.8, 4) is 0 Å². The normalized spacial score (nSPS) is 11.6. The number of nitrogens with one attached hydrogen (secondary N) is 1. The van der Waals surface area contributed by atoms with Crippen LogP contribution in [0.4, 0.5) is 0 Å². The zero-order valence-electron chi connectivity index (χ0n) is 11.3. The van der Waals surface area contributed by atoms with Crippen LogP contribution in [-0.2, 0) is 4.79 Å². The van der Waals surface area contributed by atoms with E-state index in [9.17, 15) is 4.79 Å². The Labute approximate surface area is 128 Å². The largest absolute Gasteiger partial charge is 0.356 e. The van der Waals surface area contributed by atoms with Gasteiger partial charge in [0.2, 0.25) is 5.91 Å². The van der Waals surface area contributed by atoms with Crippen LogP contribution in [0.5, 0.6) is 0 Å². The molecule has 0 rings (SSSR count). The summed E-state index contributed by atoms with van der Waals surface area (Å²) in [5.74, 6) is 2.78. The van der Waals surface area contributed by atoms with E-state index in [1.54, 1.807) is 6.92 Å². The summed E-state index contributed by atoms with van der Waals surface area (Å²) in [4.78, 5) is 11.2. The number of amides is 1. The summed E-state index contributed by atoms with van der Waals surface area (Å²) in [6, 6.07) is 0. The third-order valence-electron chi connectivity index (χ3n) is 3.31. The van der Waals surface area contributed by atoms with Crippen LogP contribution in [0.3, 0.4) is 0 Å². The number of carbonyl (C=O) groups is 1. The first-order valence-electron chi connectivity index (χ1n) is 6.67. The predicted molar refractivity (Wildman–Crippen MR) is 90.4 cm³/mol. The van der Waals surface area contributed by atoms with E-state index in [0.717, 1.165) is 62.3 Å². The molecule has 0 heterocycles. The van der Waals surface area contributed by atoms with Gasteiger partial charge in [-0.25, -0.2) is 0 Å². The molecular formula is C13H27NOS3. The van der Waals surface area contributed by atoms with E-state index in [2.05, 4.69) is 43.2 Å². The lowest BCUT2D eigenvalue weighted by molar-refractivity contribution is -0.119. The molecule has 0 aliphatic carbocycles. The molecule has 0 aromatic heterocycles. The average molecular weight is 310 g/mol. The molecule has 18 heavy (non-hydrogen) atoms. The molecule has 0 aromatic carbocycles. The van der Waals surface area contributed by atoms with Crippen molar-refractivity contribution in [3.63, 3.8) is 0 Å². The standard InChI is InChI=1S/C13H27NOS3/c1-12(15)14-11-13(5-2-8-16,6-3-9-17)7-4-10-18/h16-18H,2-11H2,1H3,(H,14,15). The lowest BCUT2D eigenvalue weighted by Crippen LogP contribution is -2.37. The molecule has 5 heteroatoms. The summed E-state index contributed by atoms with van der Waals surface area (Å²) in [6.07, 6.45) is 6.67. The summed E-state index contributed by atoms with van der Waals surface area (Å²) < 4.78 is 0. The van der Waals surface area contributed by atoms with Gasteiger partial charge >= 0.3 is 0 Å². The zero-order valence-corrected chi connectivity index (χ0v) is 14.0. The van der Waals surface area contributed by atoms with Crippen LogP contribution < -0.4 is 5.32 Å². The van der Waals surface area contributed by atoms with Crippen molar-refractivity contribution >= 4 is 43.8 Å². The van der Waals surface area contributed by atoms with Crippen LogP contribution in [0.25, 0.3) is 0 Å².